The molecule has 0 bridgehead atoms. The number of aromatic nitrogens is 1. The summed E-state index contributed by atoms with van der Waals surface area (Å²) in [6, 6.07) is 1.56. The predicted octanol–water partition coefficient (Wildman–Crippen LogP) is 3.99. The van der Waals surface area contributed by atoms with Crippen LogP contribution < -0.4 is 5.32 Å². The Morgan fingerprint density at radius 3 is 2.32 bits per heavy atom. The predicted molar refractivity (Wildman–Crippen MR) is 98.7 cm³/mol. The third kappa shape index (κ3) is 7.38. The van der Waals surface area contributed by atoms with Crippen molar-refractivity contribution in [1.82, 2.24) is 10.3 Å². The van der Waals surface area contributed by atoms with Gasteiger partial charge in [-0.15, -0.1) is 0 Å². The van der Waals surface area contributed by atoms with Gasteiger partial charge in [0.25, 0.3) is 0 Å². The molecular formula is C18H28BrFN2O3. The van der Waals surface area contributed by atoms with Crippen LogP contribution >= 0.6 is 15.9 Å². The van der Waals surface area contributed by atoms with E-state index in [0.717, 1.165) is 0 Å². The Morgan fingerprint density at radius 2 is 1.80 bits per heavy atom. The average molecular weight is 419 g/mol. The summed E-state index contributed by atoms with van der Waals surface area (Å²) in [5, 5.41) is 3.09. The number of carbonyl (C=O) groups is 1. The number of hydrogen-bond donors (Lipinski definition) is 1. The number of ether oxygens (including phenoxy) is 2. The van der Waals surface area contributed by atoms with E-state index in [0.29, 0.717) is 5.56 Å². The molecule has 0 amide bonds. The molecule has 1 N–H and O–H groups in total. The molecule has 1 heterocycles. The Labute approximate surface area is 157 Å². The normalized spacial score (nSPS) is 14.9. The highest BCUT2D eigenvalue weighted by Crippen LogP contribution is 2.20. The molecule has 7 heteroatoms. The van der Waals surface area contributed by atoms with Crippen LogP contribution in [0.2, 0.25) is 0 Å². The molecule has 1 atom stereocenters. The van der Waals surface area contributed by atoms with Crippen molar-refractivity contribution in [3.8, 4) is 0 Å². The number of hydrogen-bond acceptors (Lipinski definition) is 5. The van der Waals surface area contributed by atoms with Crippen LogP contribution in [0.5, 0.6) is 0 Å². The third-order valence-corrected chi connectivity index (χ3v) is 3.79. The Bertz CT molecular complexity index is 611. The number of pyridine rings is 1. The van der Waals surface area contributed by atoms with E-state index in [4.69, 9.17) is 9.47 Å². The highest BCUT2D eigenvalue weighted by Gasteiger charge is 2.38. The molecule has 1 aromatic heterocycles. The van der Waals surface area contributed by atoms with Gasteiger partial charge in [0.2, 0.25) is 0 Å². The van der Waals surface area contributed by atoms with Gasteiger partial charge in [0.05, 0.1) is 12.2 Å². The van der Waals surface area contributed by atoms with Crippen LogP contribution in [0.25, 0.3) is 0 Å². The van der Waals surface area contributed by atoms with Crippen LogP contribution in [0.3, 0.4) is 0 Å². The van der Waals surface area contributed by atoms with E-state index in [1.54, 1.807) is 33.8 Å². The number of halogens is 2. The fourth-order valence-electron chi connectivity index (χ4n) is 1.82. The lowest BCUT2D eigenvalue weighted by molar-refractivity contribution is -0.167. The van der Waals surface area contributed by atoms with Crippen molar-refractivity contribution >= 4 is 21.9 Å². The van der Waals surface area contributed by atoms with E-state index >= 15 is 0 Å². The van der Waals surface area contributed by atoms with Crippen LogP contribution in [-0.2, 0) is 20.8 Å². The van der Waals surface area contributed by atoms with E-state index in [2.05, 4.69) is 26.2 Å². The Balaban J connectivity index is 2.97. The molecule has 0 aromatic carbocycles. The summed E-state index contributed by atoms with van der Waals surface area (Å²) in [6.07, 6.45) is 1.50. The maximum Gasteiger partial charge on any atom is 0.328 e. The van der Waals surface area contributed by atoms with Crippen LogP contribution in [0.15, 0.2) is 16.9 Å². The summed E-state index contributed by atoms with van der Waals surface area (Å²) in [6.45, 7) is 13.0. The van der Waals surface area contributed by atoms with E-state index in [9.17, 15) is 9.18 Å². The van der Waals surface area contributed by atoms with Crippen molar-refractivity contribution in [2.24, 2.45) is 0 Å². The van der Waals surface area contributed by atoms with Gasteiger partial charge in [-0.25, -0.2) is 14.2 Å². The molecule has 0 saturated carbocycles. The molecule has 0 unspecified atom stereocenters. The molecular weight excluding hydrogens is 391 g/mol. The minimum Gasteiger partial charge on any atom is -0.459 e. The van der Waals surface area contributed by atoms with Crippen molar-refractivity contribution in [2.75, 3.05) is 6.61 Å². The average Bonchev–Trinajstić information content (AvgIpc) is 2.44. The molecule has 1 aromatic rings. The molecule has 0 aliphatic heterocycles. The van der Waals surface area contributed by atoms with Gasteiger partial charge in [-0.3, -0.25) is 5.32 Å². The summed E-state index contributed by atoms with van der Waals surface area (Å²) >= 11 is 3.06. The van der Waals surface area contributed by atoms with Crippen LogP contribution in [0.1, 0.15) is 54.0 Å². The first-order valence-corrected chi connectivity index (χ1v) is 8.94. The van der Waals surface area contributed by atoms with E-state index in [1.807, 2.05) is 20.8 Å². The molecule has 0 aliphatic rings. The van der Waals surface area contributed by atoms with Crippen molar-refractivity contribution < 1.29 is 18.7 Å². The molecule has 1 rings (SSSR count). The van der Waals surface area contributed by atoms with E-state index < -0.39 is 28.5 Å². The SMILES string of the molecule is CC(C)(C)OC[C@@](C)(NCc1ccnc(Br)c1F)C(=O)OC(C)(C)C. The van der Waals surface area contributed by atoms with Crippen LogP contribution in [0, 0.1) is 5.82 Å². The highest BCUT2D eigenvalue weighted by molar-refractivity contribution is 9.10. The molecule has 25 heavy (non-hydrogen) atoms. The second-order valence-corrected chi connectivity index (χ2v) is 8.91. The number of nitrogens with zero attached hydrogens (tertiary/aromatic N) is 1. The molecule has 142 valence electrons. The quantitative estimate of drug-likeness (QED) is 0.558. The second kappa shape index (κ2) is 8.10. The van der Waals surface area contributed by atoms with Gasteiger partial charge in [0.15, 0.2) is 5.82 Å². The van der Waals surface area contributed by atoms with Gasteiger partial charge in [-0.1, -0.05) is 0 Å². The van der Waals surface area contributed by atoms with Gasteiger partial charge in [0.1, 0.15) is 15.7 Å². The first-order chi connectivity index (χ1) is 11.2. The molecule has 0 fully saturated rings. The summed E-state index contributed by atoms with van der Waals surface area (Å²) in [5.74, 6) is -0.906. The number of nitrogens with one attached hydrogen (secondary N) is 1. The summed E-state index contributed by atoms with van der Waals surface area (Å²) < 4.78 is 25.6. The van der Waals surface area contributed by atoms with Crippen LogP contribution in [0.4, 0.5) is 4.39 Å². The van der Waals surface area contributed by atoms with Crippen LogP contribution in [-0.4, -0.2) is 34.3 Å². The van der Waals surface area contributed by atoms with Crippen molar-refractivity contribution in [1.29, 1.82) is 0 Å². The minimum absolute atomic E-state index is 0.0965. The topological polar surface area (TPSA) is 60.5 Å². The maximum atomic E-state index is 14.1. The number of carbonyl (C=O) groups excluding carboxylic acids is 1. The Kier molecular flexibility index (Phi) is 7.12. The fraction of sp³-hybridized carbons (Fsp3) is 0.667. The number of rotatable bonds is 6. The summed E-state index contributed by atoms with van der Waals surface area (Å²) in [4.78, 5) is 16.5. The van der Waals surface area contributed by atoms with Gasteiger partial charge in [-0.05, 0) is 70.5 Å². The van der Waals surface area contributed by atoms with E-state index in [-0.39, 0.29) is 17.8 Å². The van der Waals surface area contributed by atoms with E-state index in [1.165, 1.54) is 6.20 Å². The van der Waals surface area contributed by atoms with Crippen molar-refractivity contribution in [3.63, 3.8) is 0 Å². The van der Waals surface area contributed by atoms with Gasteiger partial charge >= 0.3 is 5.97 Å². The zero-order chi connectivity index (χ0) is 19.5. The van der Waals surface area contributed by atoms with Gasteiger partial charge in [-0.2, -0.15) is 0 Å². The second-order valence-electron chi connectivity index (χ2n) is 8.16. The highest BCUT2D eigenvalue weighted by atomic mass is 79.9. The lowest BCUT2D eigenvalue weighted by Crippen LogP contribution is -2.56. The first kappa shape index (κ1) is 22.0. The maximum absolute atomic E-state index is 14.1. The summed E-state index contributed by atoms with van der Waals surface area (Å²) in [5.41, 5.74) is -1.78. The van der Waals surface area contributed by atoms with Gasteiger partial charge in [0, 0.05) is 18.3 Å². The molecule has 0 spiro atoms. The molecule has 0 radical (unpaired) electrons. The smallest absolute Gasteiger partial charge is 0.328 e. The first-order valence-electron chi connectivity index (χ1n) is 8.15. The number of esters is 1. The molecule has 5 nitrogen and oxygen atoms in total. The Hall–Kier alpha value is -1.05. The fourth-order valence-corrected chi connectivity index (χ4v) is 2.19. The van der Waals surface area contributed by atoms with Gasteiger partial charge < -0.3 is 9.47 Å². The molecule has 0 saturated heterocycles. The molecule has 0 aliphatic carbocycles. The monoisotopic (exact) mass is 418 g/mol. The summed E-state index contributed by atoms with van der Waals surface area (Å²) in [7, 11) is 0. The standard InChI is InChI=1S/C18H28BrFN2O3/c1-16(2,3)24-11-18(7,15(23)25-17(4,5)6)22-10-12-8-9-21-14(19)13(12)20/h8-9,22H,10-11H2,1-7H3/t18-/m1/s1. The third-order valence-electron chi connectivity index (χ3n) is 3.24. The largest absolute Gasteiger partial charge is 0.459 e. The Morgan fingerprint density at radius 1 is 1.20 bits per heavy atom. The minimum atomic E-state index is -1.12. The van der Waals surface area contributed by atoms with Crippen molar-refractivity contribution in [3.05, 3.63) is 28.2 Å². The van der Waals surface area contributed by atoms with Crippen molar-refractivity contribution in [2.45, 2.75) is 71.8 Å². The zero-order valence-electron chi connectivity index (χ0n) is 16.0. The zero-order valence-corrected chi connectivity index (χ0v) is 17.6. The lowest BCUT2D eigenvalue weighted by Gasteiger charge is -2.34. The lowest BCUT2D eigenvalue weighted by atomic mass is 10.0.